The van der Waals surface area contributed by atoms with Gasteiger partial charge in [0.1, 0.15) is 29.3 Å². The normalized spacial score (nSPS) is 20.5. The average molecular weight is 510 g/mol. The molecule has 2 aliphatic heterocycles. The summed E-state index contributed by atoms with van der Waals surface area (Å²) in [5.41, 5.74) is 9.64. The molecule has 196 valence electrons. The standard InChI is InChI=1S/C30H35N7O/c31-28-26-27(21-6-8-25(9-7-21)38-24-4-2-1-3-5-24)35-37(29(26)34-20-33-28)23-12-16-36(17-13-23)22-10-14-30(15-11-22)18-32-19-30/h1-9,20,22-23,32H,10-19H2,(H2,31,33,34). The zero-order chi connectivity index (χ0) is 25.5. The lowest BCUT2D eigenvalue weighted by Gasteiger charge is -2.50. The van der Waals surface area contributed by atoms with Crippen LogP contribution < -0.4 is 15.8 Å². The Balaban J connectivity index is 1.09. The van der Waals surface area contributed by atoms with E-state index in [1.54, 1.807) is 6.33 Å². The third-order valence-electron chi connectivity index (χ3n) is 9.00. The molecule has 2 aromatic heterocycles. The average Bonchev–Trinajstić information content (AvgIpc) is 3.34. The topological polar surface area (TPSA) is 94.1 Å². The highest BCUT2D eigenvalue weighted by atomic mass is 16.5. The number of hydrogen-bond acceptors (Lipinski definition) is 7. The molecular formula is C30H35N7O. The van der Waals surface area contributed by atoms with Gasteiger partial charge in [0.15, 0.2) is 5.65 Å². The quantitative estimate of drug-likeness (QED) is 0.389. The van der Waals surface area contributed by atoms with Gasteiger partial charge in [-0.15, -0.1) is 0 Å². The number of para-hydroxylation sites is 1. The summed E-state index contributed by atoms with van der Waals surface area (Å²) in [5.74, 6) is 2.06. The summed E-state index contributed by atoms with van der Waals surface area (Å²) in [4.78, 5) is 11.7. The number of aromatic nitrogens is 4. The summed E-state index contributed by atoms with van der Waals surface area (Å²) in [6.07, 6.45) is 9.15. The second-order valence-corrected chi connectivity index (χ2v) is 11.3. The maximum absolute atomic E-state index is 6.39. The molecule has 0 bridgehead atoms. The van der Waals surface area contributed by atoms with Crippen molar-refractivity contribution in [1.29, 1.82) is 0 Å². The zero-order valence-electron chi connectivity index (χ0n) is 21.7. The zero-order valence-corrected chi connectivity index (χ0v) is 21.7. The van der Waals surface area contributed by atoms with Crippen LogP contribution in [0.3, 0.4) is 0 Å². The number of rotatable bonds is 5. The van der Waals surface area contributed by atoms with E-state index in [4.69, 9.17) is 15.6 Å². The summed E-state index contributed by atoms with van der Waals surface area (Å²) < 4.78 is 8.09. The Morgan fingerprint density at radius 1 is 0.842 bits per heavy atom. The SMILES string of the molecule is Nc1ncnc2c1c(-c1ccc(Oc3ccccc3)cc1)nn2C1CCN(C2CCC3(CC2)CNC3)CC1. The lowest BCUT2D eigenvalue weighted by Crippen LogP contribution is -2.57. The van der Waals surface area contributed by atoms with Crippen LogP contribution >= 0.6 is 0 Å². The van der Waals surface area contributed by atoms with Crippen molar-refractivity contribution >= 4 is 16.9 Å². The smallest absolute Gasteiger partial charge is 0.164 e. The highest BCUT2D eigenvalue weighted by Gasteiger charge is 2.41. The number of anilines is 1. The van der Waals surface area contributed by atoms with Crippen LogP contribution in [0.4, 0.5) is 5.82 Å². The van der Waals surface area contributed by atoms with E-state index >= 15 is 0 Å². The summed E-state index contributed by atoms with van der Waals surface area (Å²) >= 11 is 0. The van der Waals surface area contributed by atoms with Gasteiger partial charge in [-0.25, -0.2) is 14.6 Å². The fourth-order valence-electron chi connectivity index (χ4n) is 6.67. The number of benzene rings is 2. The van der Waals surface area contributed by atoms with E-state index in [1.165, 1.54) is 38.8 Å². The summed E-state index contributed by atoms with van der Waals surface area (Å²) in [6.45, 7) is 4.68. The van der Waals surface area contributed by atoms with Crippen LogP contribution in [0, 0.1) is 5.41 Å². The van der Waals surface area contributed by atoms with Crippen LogP contribution in [-0.4, -0.2) is 56.9 Å². The molecule has 7 rings (SSSR count). The predicted octanol–water partition coefficient (Wildman–Crippen LogP) is 5.04. The molecule has 0 unspecified atom stereocenters. The Morgan fingerprint density at radius 2 is 1.55 bits per heavy atom. The van der Waals surface area contributed by atoms with Crippen LogP contribution in [0.5, 0.6) is 11.5 Å². The number of fused-ring (bicyclic) bond motifs is 1. The first-order valence-electron chi connectivity index (χ1n) is 13.9. The number of ether oxygens (including phenoxy) is 1. The molecule has 3 aliphatic rings. The molecule has 1 saturated carbocycles. The van der Waals surface area contributed by atoms with Crippen LogP contribution in [0.15, 0.2) is 60.9 Å². The lowest BCUT2D eigenvalue weighted by atomic mass is 9.68. The minimum absolute atomic E-state index is 0.309. The van der Waals surface area contributed by atoms with Crippen LogP contribution in [0.2, 0.25) is 0 Å². The predicted molar refractivity (Wildman–Crippen MR) is 149 cm³/mol. The molecule has 0 amide bonds. The maximum Gasteiger partial charge on any atom is 0.164 e. The minimum atomic E-state index is 0.309. The number of nitrogens with zero attached hydrogens (tertiary/aromatic N) is 5. The van der Waals surface area contributed by atoms with E-state index in [0.717, 1.165) is 65.8 Å². The van der Waals surface area contributed by atoms with Gasteiger partial charge in [-0.05, 0) is 80.3 Å². The minimum Gasteiger partial charge on any atom is -0.457 e. The molecule has 4 heterocycles. The fraction of sp³-hybridized carbons (Fsp3) is 0.433. The third kappa shape index (κ3) is 4.31. The van der Waals surface area contributed by atoms with Gasteiger partial charge in [0.25, 0.3) is 0 Å². The van der Waals surface area contributed by atoms with Crippen molar-refractivity contribution in [2.24, 2.45) is 5.41 Å². The molecule has 38 heavy (non-hydrogen) atoms. The van der Waals surface area contributed by atoms with Crippen molar-refractivity contribution in [2.75, 3.05) is 31.9 Å². The maximum atomic E-state index is 6.39. The van der Waals surface area contributed by atoms with Crippen LogP contribution in [-0.2, 0) is 0 Å². The van der Waals surface area contributed by atoms with Crippen molar-refractivity contribution in [2.45, 2.75) is 50.6 Å². The Morgan fingerprint density at radius 3 is 2.24 bits per heavy atom. The van der Waals surface area contributed by atoms with Crippen molar-refractivity contribution in [3.8, 4) is 22.8 Å². The second-order valence-electron chi connectivity index (χ2n) is 11.3. The Labute approximate surface area is 223 Å². The van der Waals surface area contributed by atoms with Gasteiger partial charge < -0.3 is 20.7 Å². The number of nitrogens with one attached hydrogen (secondary N) is 1. The van der Waals surface area contributed by atoms with Crippen molar-refractivity contribution in [3.05, 3.63) is 60.9 Å². The Kier molecular flexibility index (Phi) is 6.01. The Bertz CT molecular complexity index is 1400. The molecular weight excluding hydrogens is 474 g/mol. The molecule has 1 aliphatic carbocycles. The molecule has 4 aromatic rings. The molecule has 3 N–H and O–H groups in total. The van der Waals surface area contributed by atoms with Crippen molar-refractivity contribution < 1.29 is 4.74 Å². The number of nitrogen functional groups attached to an aromatic ring is 1. The van der Waals surface area contributed by atoms with Gasteiger partial charge in [-0.3, -0.25) is 0 Å². The number of nitrogens with two attached hydrogens (primary N) is 1. The van der Waals surface area contributed by atoms with Gasteiger partial charge in [0, 0.05) is 37.8 Å². The first kappa shape index (κ1) is 23.6. The van der Waals surface area contributed by atoms with Crippen LogP contribution in [0.1, 0.15) is 44.6 Å². The van der Waals surface area contributed by atoms with E-state index in [1.807, 2.05) is 54.6 Å². The van der Waals surface area contributed by atoms with Gasteiger partial charge in [0.2, 0.25) is 0 Å². The lowest BCUT2D eigenvalue weighted by molar-refractivity contribution is 0.0361. The summed E-state index contributed by atoms with van der Waals surface area (Å²) in [5, 5.41) is 9.42. The third-order valence-corrected chi connectivity index (χ3v) is 9.00. The molecule has 2 aromatic carbocycles. The number of hydrogen-bond donors (Lipinski definition) is 2. The second kappa shape index (κ2) is 9.67. The van der Waals surface area contributed by atoms with Crippen molar-refractivity contribution in [3.63, 3.8) is 0 Å². The number of likely N-dealkylation sites (tertiary alicyclic amines) is 1. The summed E-state index contributed by atoms with van der Waals surface area (Å²) in [6, 6.07) is 18.9. The highest BCUT2D eigenvalue weighted by Crippen LogP contribution is 2.42. The van der Waals surface area contributed by atoms with Gasteiger partial charge in [0.05, 0.1) is 11.4 Å². The van der Waals surface area contributed by atoms with Gasteiger partial charge in [-0.1, -0.05) is 18.2 Å². The monoisotopic (exact) mass is 509 g/mol. The molecule has 8 heteroatoms. The van der Waals surface area contributed by atoms with E-state index < -0.39 is 0 Å². The molecule has 8 nitrogen and oxygen atoms in total. The first-order chi connectivity index (χ1) is 18.7. The molecule has 0 radical (unpaired) electrons. The fourth-order valence-corrected chi connectivity index (χ4v) is 6.67. The van der Waals surface area contributed by atoms with E-state index in [0.29, 0.717) is 17.3 Å². The Hall–Kier alpha value is -3.49. The molecule has 2 saturated heterocycles. The highest BCUT2D eigenvalue weighted by molar-refractivity contribution is 5.98. The number of piperidine rings is 1. The molecule has 0 atom stereocenters. The van der Waals surface area contributed by atoms with Crippen molar-refractivity contribution in [1.82, 2.24) is 30.0 Å². The summed E-state index contributed by atoms with van der Waals surface area (Å²) in [7, 11) is 0. The van der Waals surface area contributed by atoms with Gasteiger partial charge in [-0.2, -0.15) is 5.10 Å². The van der Waals surface area contributed by atoms with Gasteiger partial charge >= 0.3 is 0 Å². The molecule has 3 fully saturated rings. The van der Waals surface area contributed by atoms with E-state index in [9.17, 15) is 0 Å². The largest absolute Gasteiger partial charge is 0.457 e. The van der Waals surface area contributed by atoms with E-state index in [-0.39, 0.29) is 0 Å². The van der Waals surface area contributed by atoms with Crippen LogP contribution in [0.25, 0.3) is 22.3 Å². The molecule has 1 spiro atoms. The first-order valence-corrected chi connectivity index (χ1v) is 13.9. The van der Waals surface area contributed by atoms with E-state index in [2.05, 4.69) is 24.9 Å².